The molecular formula is C44H51F2N11O10S. The number of hydrogen-bond donors (Lipinski definition) is 2. The normalized spacial score (nSPS) is 22.8. The Balaban J connectivity index is 0.711. The Morgan fingerprint density at radius 2 is 1.78 bits per heavy atom. The van der Waals surface area contributed by atoms with Crippen LogP contribution < -0.4 is 15.5 Å². The Kier molecular flexibility index (Phi) is 13.0. The van der Waals surface area contributed by atoms with E-state index in [1.54, 1.807) is 18.3 Å². The van der Waals surface area contributed by atoms with E-state index in [-0.39, 0.29) is 90.3 Å². The highest BCUT2D eigenvalue weighted by molar-refractivity contribution is 7.89. The van der Waals surface area contributed by atoms with Crippen LogP contribution in [0.25, 0.3) is 5.65 Å². The van der Waals surface area contributed by atoms with Crippen LogP contribution in [-0.2, 0) is 33.9 Å². The Labute approximate surface area is 389 Å². The second-order valence-corrected chi connectivity index (χ2v) is 19.8. The van der Waals surface area contributed by atoms with Gasteiger partial charge in [0.25, 0.3) is 30.1 Å². The SMILES string of the molecule is CN1C(=O)CCC(N2C(=O)c3cccc(NCCCOCCCS(=O)(=O)N(C)C(=O)C4CCC(n5cc(NC(=O)c6cnn7ccc(N8CC9CC8CO9)nc67)c(C(F)F)n5)CC4)c3C2=O)C1=O. The van der Waals surface area contributed by atoms with Crippen molar-refractivity contribution in [3.8, 4) is 0 Å². The van der Waals surface area contributed by atoms with Crippen molar-refractivity contribution < 1.29 is 55.4 Å². The summed E-state index contributed by atoms with van der Waals surface area (Å²) in [6, 6.07) is 5.34. The minimum absolute atomic E-state index is 0.0372. The number of aromatic nitrogens is 5. The number of hydrogen-bond acceptors (Lipinski definition) is 15. The third-order valence-electron chi connectivity index (χ3n) is 13.5. The lowest BCUT2D eigenvalue weighted by Gasteiger charge is -2.32. The summed E-state index contributed by atoms with van der Waals surface area (Å²) in [5.41, 5.74) is 0.317. The number of benzene rings is 1. The van der Waals surface area contributed by atoms with E-state index < -0.39 is 63.6 Å². The van der Waals surface area contributed by atoms with Crippen LogP contribution in [0.4, 0.5) is 26.0 Å². The molecule has 3 unspecified atom stereocenters. The fraction of sp³-hybridized carbons (Fsp3) is 0.523. The summed E-state index contributed by atoms with van der Waals surface area (Å²) >= 11 is 0. The average Bonchev–Trinajstić information content (AvgIpc) is 4.19. The summed E-state index contributed by atoms with van der Waals surface area (Å²) < 4.78 is 69.8. The molecule has 6 amide bonds. The molecule has 1 aliphatic carbocycles. The van der Waals surface area contributed by atoms with Crippen molar-refractivity contribution in [2.45, 2.75) is 88.4 Å². The van der Waals surface area contributed by atoms with E-state index in [0.29, 0.717) is 63.3 Å². The topological polar surface area (TPSA) is 240 Å². The number of carbonyl (C=O) groups is 6. The van der Waals surface area contributed by atoms with E-state index in [9.17, 15) is 46.0 Å². The van der Waals surface area contributed by atoms with Crippen LogP contribution in [0.3, 0.4) is 0 Å². The van der Waals surface area contributed by atoms with E-state index in [1.807, 2.05) is 6.07 Å². The number of piperidine rings is 1. The number of halogens is 2. The maximum atomic E-state index is 14.3. The fourth-order valence-corrected chi connectivity index (χ4v) is 10.9. The van der Waals surface area contributed by atoms with Gasteiger partial charge in [0, 0.05) is 70.8 Å². The number of carbonyl (C=O) groups excluding carboxylic acids is 6. The Morgan fingerprint density at radius 3 is 2.51 bits per heavy atom. The summed E-state index contributed by atoms with van der Waals surface area (Å²) in [6.45, 7) is 1.97. The number of likely N-dealkylation sites (tertiary alicyclic amines) is 1. The number of amides is 6. The maximum absolute atomic E-state index is 14.3. The number of likely N-dealkylation sites (N-methyl/N-ethyl adjacent to an activating group) is 1. The van der Waals surface area contributed by atoms with E-state index in [4.69, 9.17) is 9.47 Å². The summed E-state index contributed by atoms with van der Waals surface area (Å²) in [6.07, 6.45) is 4.39. The quantitative estimate of drug-likeness (QED) is 0.114. The zero-order valence-corrected chi connectivity index (χ0v) is 38.2. The molecule has 68 heavy (non-hydrogen) atoms. The zero-order chi connectivity index (χ0) is 48.0. The third kappa shape index (κ3) is 8.91. The van der Waals surface area contributed by atoms with Gasteiger partial charge in [0.2, 0.25) is 21.8 Å². The van der Waals surface area contributed by atoms with E-state index >= 15 is 0 Å². The molecule has 24 heteroatoms. The molecule has 2 bridgehead atoms. The second kappa shape index (κ2) is 18.9. The van der Waals surface area contributed by atoms with Gasteiger partial charge in [-0.05, 0) is 69.6 Å². The minimum atomic E-state index is -3.98. The van der Waals surface area contributed by atoms with Gasteiger partial charge in [-0.1, -0.05) is 6.07 Å². The molecule has 2 N–H and O–H groups in total. The largest absolute Gasteiger partial charge is 0.384 e. The lowest BCUT2D eigenvalue weighted by molar-refractivity contribution is -0.149. The van der Waals surface area contributed by atoms with Crippen LogP contribution in [0.5, 0.6) is 0 Å². The molecule has 0 spiro atoms. The molecule has 9 rings (SSSR count). The molecule has 1 saturated carbocycles. The molecule has 3 atom stereocenters. The highest BCUT2D eigenvalue weighted by atomic mass is 32.2. The monoisotopic (exact) mass is 963 g/mol. The van der Waals surface area contributed by atoms with Crippen molar-refractivity contribution in [2.75, 3.05) is 68.3 Å². The molecule has 5 aliphatic rings. The van der Waals surface area contributed by atoms with Crippen molar-refractivity contribution in [1.29, 1.82) is 0 Å². The molecule has 7 heterocycles. The average molecular weight is 964 g/mol. The van der Waals surface area contributed by atoms with Gasteiger partial charge in [-0.3, -0.25) is 43.2 Å². The number of fused-ring (bicyclic) bond motifs is 4. The Morgan fingerprint density at radius 1 is 1.00 bits per heavy atom. The fourth-order valence-electron chi connectivity index (χ4n) is 9.73. The van der Waals surface area contributed by atoms with Gasteiger partial charge in [0.05, 0.1) is 53.6 Å². The number of alkyl halides is 2. The Bertz CT molecular complexity index is 2780. The smallest absolute Gasteiger partial charge is 0.284 e. The summed E-state index contributed by atoms with van der Waals surface area (Å²) in [4.78, 5) is 87.0. The van der Waals surface area contributed by atoms with Gasteiger partial charge in [-0.15, -0.1) is 0 Å². The van der Waals surface area contributed by atoms with Crippen LogP contribution in [0.1, 0.15) is 107 Å². The zero-order valence-electron chi connectivity index (χ0n) is 37.4. The molecule has 4 aliphatic heterocycles. The number of ether oxygens (including phenoxy) is 2. The molecule has 3 aromatic heterocycles. The first-order valence-electron chi connectivity index (χ1n) is 22.7. The number of morpholine rings is 1. The first-order chi connectivity index (χ1) is 32.6. The molecular weight excluding hydrogens is 913 g/mol. The van der Waals surface area contributed by atoms with Crippen molar-refractivity contribution >= 4 is 68.3 Å². The number of anilines is 3. The molecule has 362 valence electrons. The van der Waals surface area contributed by atoms with Gasteiger partial charge in [0.1, 0.15) is 17.4 Å². The predicted octanol–water partition coefficient (Wildman–Crippen LogP) is 3.27. The maximum Gasteiger partial charge on any atom is 0.284 e. The predicted molar refractivity (Wildman–Crippen MR) is 237 cm³/mol. The summed E-state index contributed by atoms with van der Waals surface area (Å²) in [5.74, 6) is -3.71. The van der Waals surface area contributed by atoms with Crippen LogP contribution in [-0.4, -0.2) is 153 Å². The van der Waals surface area contributed by atoms with Gasteiger partial charge in [-0.25, -0.2) is 31.0 Å². The van der Waals surface area contributed by atoms with E-state index in [2.05, 4.69) is 30.7 Å². The summed E-state index contributed by atoms with van der Waals surface area (Å²) in [5, 5.41) is 14.1. The molecule has 4 fully saturated rings. The van der Waals surface area contributed by atoms with Gasteiger partial charge < -0.3 is 25.0 Å². The lowest BCUT2D eigenvalue weighted by Crippen LogP contribution is -2.54. The minimum Gasteiger partial charge on any atom is -0.384 e. The van der Waals surface area contributed by atoms with Gasteiger partial charge >= 0.3 is 0 Å². The van der Waals surface area contributed by atoms with Gasteiger partial charge in [-0.2, -0.15) is 10.2 Å². The standard InChI is InChI=1S/C44H51F2N11O10S/c1-52-35(58)13-12-33(43(52)62)57-42(61)29-6-3-7-31(36(29)44(57)63)47-15-4-17-66-18-5-19-68(64,65)53(2)41(60)25-8-10-26(11-9-25)56-23-32(37(51-56)38(45)46)49-40(59)30-21-48-55-16-14-34(50-39(30)55)54-22-28-20-27(54)24-67-28/h3,6-7,14,16,21,23,25-28,33,38,47H,4-5,8-13,15,17-20,22,24H2,1-2H3,(H,49,59). The lowest BCUT2D eigenvalue weighted by atomic mass is 9.85. The number of nitrogens with zero attached hydrogens (tertiary/aromatic N) is 9. The van der Waals surface area contributed by atoms with Crippen LogP contribution in [0, 0.1) is 5.92 Å². The number of rotatable bonds is 17. The first kappa shape index (κ1) is 46.7. The molecule has 0 radical (unpaired) electrons. The highest BCUT2D eigenvalue weighted by Crippen LogP contribution is 2.37. The van der Waals surface area contributed by atoms with Crippen LogP contribution in [0.2, 0.25) is 0 Å². The van der Waals surface area contributed by atoms with Crippen LogP contribution in [0.15, 0.2) is 42.9 Å². The third-order valence-corrected chi connectivity index (χ3v) is 15.3. The van der Waals surface area contributed by atoms with E-state index in [1.165, 1.54) is 41.8 Å². The molecule has 3 saturated heterocycles. The first-order valence-corrected chi connectivity index (χ1v) is 24.3. The van der Waals surface area contributed by atoms with Crippen molar-refractivity contribution in [2.24, 2.45) is 5.92 Å². The van der Waals surface area contributed by atoms with Gasteiger partial charge in [0.15, 0.2) is 11.3 Å². The number of sulfonamides is 1. The number of nitrogens with one attached hydrogen (secondary N) is 2. The summed E-state index contributed by atoms with van der Waals surface area (Å²) in [7, 11) is -1.43. The molecule has 21 nitrogen and oxygen atoms in total. The van der Waals surface area contributed by atoms with Crippen molar-refractivity contribution in [3.05, 3.63) is 65.2 Å². The Hall–Kier alpha value is -6.40. The van der Waals surface area contributed by atoms with Crippen LogP contribution >= 0.6 is 0 Å². The van der Waals surface area contributed by atoms with E-state index in [0.717, 1.165) is 20.5 Å². The molecule has 1 aromatic carbocycles. The van der Waals surface area contributed by atoms with Crippen molar-refractivity contribution in [1.82, 2.24) is 38.5 Å². The second-order valence-electron chi connectivity index (χ2n) is 17.7. The number of imide groups is 2. The van der Waals surface area contributed by atoms with Crippen molar-refractivity contribution in [3.63, 3.8) is 0 Å². The molecule has 4 aromatic rings. The highest BCUT2D eigenvalue weighted by Gasteiger charge is 2.47.